The van der Waals surface area contributed by atoms with E-state index >= 15 is 0 Å². The van der Waals surface area contributed by atoms with Gasteiger partial charge in [-0.05, 0) is 25.0 Å². The fourth-order valence-electron chi connectivity index (χ4n) is 3.65. The maximum atomic E-state index is 12.9. The fourth-order valence-corrected chi connectivity index (χ4v) is 4.83. The lowest BCUT2D eigenvalue weighted by Gasteiger charge is -2.30. The molecule has 4 rings (SSSR count). The highest BCUT2D eigenvalue weighted by Gasteiger charge is 2.24. The molecule has 0 spiro atoms. The van der Waals surface area contributed by atoms with Gasteiger partial charge in [-0.2, -0.15) is 0 Å². The summed E-state index contributed by atoms with van der Waals surface area (Å²) in [5.74, 6) is 0.0339. The molecular weight excluding hydrogens is 320 g/mol. The zero-order chi connectivity index (χ0) is 16.7. The van der Waals surface area contributed by atoms with Crippen molar-refractivity contribution in [2.24, 2.45) is 0 Å². The van der Waals surface area contributed by atoms with Gasteiger partial charge in [-0.3, -0.25) is 9.59 Å². The number of benzene rings is 1. The van der Waals surface area contributed by atoms with Gasteiger partial charge >= 0.3 is 0 Å². The van der Waals surface area contributed by atoms with Crippen molar-refractivity contribution < 1.29 is 4.79 Å². The molecule has 24 heavy (non-hydrogen) atoms. The van der Waals surface area contributed by atoms with Gasteiger partial charge in [-0.1, -0.05) is 37.5 Å². The van der Waals surface area contributed by atoms with Crippen molar-refractivity contribution in [3.63, 3.8) is 0 Å². The lowest BCUT2D eigenvalue weighted by molar-refractivity contribution is 0.0701. The van der Waals surface area contributed by atoms with Gasteiger partial charge in [0, 0.05) is 28.7 Å². The number of nitrogens with one attached hydrogen (secondary N) is 1. The summed E-state index contributed by atoms with van der Waals surface area (Å²) in [5, 5.41) is 1.61. The summed E-state index contributed by atoms with van der Waals surface area (Å²) < 4.78 is 0.898. The Morgan fingerprint density at radius 1 is 1.17 bits per heavy atom. The molecule has 2 heterocycles. The predicted molar refractivity (Wildman–Crippen MR) is 98.9 cm³/mol. The maximum absolute atomic E-state index is 12.9. The molecule has 1 aromatic carbocycles. The number of hydrogen-bond acceptors (Lipinski definition) is 3. The third kappa shape index (κ3) is 2.53. The van der Waals surface area contributed by atoms with E-state index in [2.05, 4.69) is 4.98 Å². The second kappa shape index (κ2) is 6.06. The Hall–Kier alpha value is -2.14. The molecule has 0 unspecified atom stereocenters. The van der Waals surface area contributed by atoms with Gasteiger partial charge < -0.3 is 9.88 Å². The first kappa shape index (κ1) is 15.4. The summed E-state index contributed by atoms with van der Waals surface area (Å²) in [6, 6.07) is 9.82. The Bertz CT molecular complexity index is 966. The number of aromatic nitrogens is 1. The molecule has 0 atom stereocenters. The van der Waals surface area contributed by atoms with Gasteiger partial charge in [0.05, 0.1) is 10.3 Å². The number of carbonyl (C=O) groups is 1. The average Bonchev–Trinajstić information content (AvgIpc) is 3.07. The Balaban J connectivity index is 1.77. The van der Waals surface area contributed by atoms with Crippen LogP contribution in [-0.2, 0) is 0 Å². The number of fused-ring (bicyclic) bond motifs is 3. The molecule has 0 bridgehead atoms. The molecule has 4 nitrogen and oxygen atoms in total. The zero-order valence-electron chi connectivity index (χ0n) is 13.7. The first-order valence-corrected chi connectivity index (χ1v) is 9.28. The maximum Gasteiger partial charge on any atom is 0.263 e. The Morgan fingerprint density at radius 3 is 2.71 bits per heavy atom. The van der Waals surface area contributed by atoms with E-state index in [1.54, 1.807) is 6.07 Å². The van der Waals surface area contributed by atoms with E-state index in [1.165, 1.54) is 30.6 Å². The molecule has 1 N–H and O–H groups in total. The summed E-state index contributed by atoms with van der Waals surface area (Å²) in [7, 11) is 1.89. The van der Waals surface area contributed by atoms with Crippen LogP contribution >= 0.6 is 11.3 Å². The lowest BCUT2D eigenvalue weighted by Crippen LogP contribution is -2.37. The standard InChI is InChI=1S/C19H20N2O2S/c1-21(12-7-3-2-4-8-12)19(23)16-11-14-17(24-16)13-9-5-6-10-15(13)20-18(14)22/h5-6,9-12H,2-4,7-8H2,1H3,(H,20,22). The number of thiophene rings is 1. The second-order valence-corrected chi connectivity index (χ2v) is 7.61. The molecule has 0 radical (unpaired) electrons. The quantitative estimate of drug-likeness (QED) is 0.762. The number of para-hydroxylation sites is 1. The molecular formula is C19H20N2O2S. The van der Waals surface area contributed by atoms with Crippen LogP contribution < -0.4 is 5.56 Å². The second-order valence-electron chi connectivity index (χ2n) is 6.56. The fraction of sp³-hybridized carbons (Fsp3) is 0.368. The van der Waals surface area contributed by atoms with E-state index in [1.807, 2.05) is 36.2 Å². The predicted octanol–water partition coefficient (Wildman–Crippen LogP) is 4.15. The van der Waals surface area contributed by atoms with Gasteiger partial charge in [0.25, 0.3) is 11.5 Å². The monoisotopic (exact) mass is 340 g/mol. The van der Waals surface area contributed by atoms with Crippen LogP contribution in [0.25, 0.3) is 21.0 Å². The van der Waals surface area contributed by atoms with E-state index in [0.717, 1.165) is 28.4 Å². The van der Waals surface area contributed by atoms with Gasteiger partial charge in [0.15, 0.2) is 0 Å². The third-order valence-electron chi connectivity index (χ3n) is 5.05. The normalized spacial score (nSPS) is 15.9. The van der Waals surface area contributed by atoms with E-state index in [9.17, 15) is 9.59 Å². The number of rotatable bonds is 2. The SMILES string of the molecule is CN(C(=O)c1cc2c(=O)[nH]c3ccccc3c2s1)C1CCCCC1. The Morgan fingerprint density at radius 2 is 1.92 bits per heavy atom. The van der Waals surface area contributed by atoms with Crippen molar-refractivity contribution in [3.05, 3.63) is 45.6 Å². The lowest BCUT2D eigenvalue weighted by atomic mass is 9.94. The minimum absolute atomic E-state index is 0.0339. The van der Waals surface area contributed by atoms with Crippen LogP contribution in [0.2, 0.25) is 0 Å². The summed E-state index contributed by atoms with van der Waals surface area (Å²) in [6.45, 7) is 0. The molecule has 124 valence electrons. The van der Waals surface area contributed by atoms with Crippen molar-refractivity contribution in [3.8, 4) is 0 Å². The minimum Gasteiger partial charge on any atom is -0.338 e. The number of hydrogen-bond donors (Lipinski definition) is 1. The molecule has 0 saturated heterocycles. The molecule has 3 aromatic rings. The molecule has 2 aromatic heterocycles. The van der Waals surface area contributed by atoms with Gasteiger partial charge in [-0.15, -0.1) is 11.3 Å². The van der Waals surface area contributed by atoms with Crippen molar-refractivity contribution in [2.45, 2.75) is 38.1 Å². The van der Waals surface area contributed by atoms with Crippen LogP contribution in [0.4, 0.5) is 0 Å². The molecule has 0 aliphatic heterocycles. The minimum atomic E-state index is -0.126. The highest BCUT2D eigenvalue weighted by molar-refractivity contribution is 7.21. The van der Waals surface area contributed by atoms with E-state index < -0.39 is 0 Å². The molecule has 1 saturated carbocycles. The molecule has 1 fully saturated rings. The summed E-state index contributed by atoms with van der Waals surface area (Å²) in [5.41, 5.74) is 0.691. The highest BCUT2D eigenvalue weighted by atomic mass is 32.1. The van der Waals surface area contributed by atoms with Gasteiger partial charge in [0.2, 0.25) is 0 Å². The van der Waals surface area contributed by atoms with Crippen LogP contribution in [0.3, 0.4) is 0 Å². The Kier molecular flexibility index (Phi) is 3.88. The highest BCUT2D eigenvalue weighted by Crippen LogP contribution is 2.31. The van der Waals surface area contributed by atoms with Crippen molar-refractivity contribution >= 4 is 38.2 Å². The smallest absolute Gasteiger partial charge is 0.263 e. The van der Waals surface area contributed by atoms with Crippen LogP contribution in [0.1, 0.15) is 41.8 Å². The molecule has 1 amide bonds. The summed E-state index contributed by atoms with van der Waals surface area (Å²) >= 11 is 1.43. The van der Waals surface area contributed by atoms with Crippen LogP contribution in [0, 0.1) is 0 Å². The van der Waals surface area contributed by atoms with Crippen LogP contribution in [0.5, 0.6) is 0 Å². The summed E-state index contributed by atoms with van der Waals surface area (Å²) in [4.78, 5) is 30.6. The number of pyridine rings is 1. The topological polar surface area (TPSA) is 53.2 Å². The van der Waals surface area contributed by atoms with Crippen LogP contribution in [-0.4, -0.2) is 28.9 Å². The van der Waals surface area contributed by atoms with Crippen molar-refractivity contribution in [2.75, 3.05) is 7.05 Å². The first-order valence-electron chi connectivity index (χ1n) is 8.47. The molecule has 1 aliphatic rings. The zero-order valence-corrected chi connectivity index (χ0v) is 14.5. The molecule has 5 heteroatoms. The van der Waals surface area contributed by atoms with Crippen LogP contribution in [0.15, 0.2) is 35.1 Å². The van der Waals surface area contributed by atoms with Crippen molar-refractivity contribution in [1.82, 2.24) is 9.88 Å². The number of carbonyl (C=O) groups excluding carboxylic acids is 1. The molecule has 1 aliphatic carbocycles. The van der Waals surface area contributed by atoms with E-state index in [0.29, 0.717) is 16.3 Å². The summed E-state index contributed by atoms with van der Waals surface area (Å²) in [6.07, 6.45) is 5.81. The number of H-pyrrole nitrogens is 1. The average molecular weight is 340 g/mol. The Labute approximate surface area is 144 Å². The van der Waals surface area contributed by atoms with Gasteiger partial charge in [-0.25, -0.2) is 0 Å². The van der Waals surface area contributed by atoms with Gasteiger partial charge in [0.1, 0.15) is 0 Å². The van der Waals surface area contributed by atoms with E-state index in [-0.39, 0.29) is 11.5 Å². The number of amides is 1. The number of nitrogens with zero attached hydrogens (tertiary/aromatic N) is 1. The first-order chi connectivity index (χ1) is 11.6. The van der Waals surface area contributed by atoms with E-state index in [4.69, 9.17) is 0 Å². The number of aromatic amines is 1. The van der Waals surface area contributed by atoms with Crippen molar-refractivity contribution in [1.29, 1.82) is 0 Å². The largest absolute Gasteiger partial charge is 0.338 e. The third-order valence-corrected chi connectivity index (χ3v) is 6.21.